The van der Waals surface area contributed by atoms with E-state index in [0.717, 1.165) is 28.3 Å². The number of rotatable bonds is 7. The van der Waals surface area contributed by atoms with Gasteiger partial charge in [-0.15, -0.1) is 0 Å². The number of aromatic amines is 1. The number of aromatic nitrogens is 3. The minimum absolute atomic E-state index is 0.101. The number of hydrogen-bond donors (Lipinski definition) is 2. The summed E-state index contributed by atoms with van der Waals surface area (Å²) in [5.41, 5.74) is 3.94. The summed E-state index contributed by atoms with van der Waals surface area (Å²) in [6.45, 7) is 4.48. The molecule has 0 saturated heterocycles. The number of nitrogens with one attached hydrogen (secondary N) is 2. The second-order valence-corrected chi connectivity index (χ2v) is 8.00. The number of hydrogen-bond acceptors (Lipinski definition) is 4. The van der Waals surface area contributed by atoms with Crippen LogP contribution in [0.4, 0.5) is 5.69 Å². The zero-order valence-corrected chi connectivity index (χ0v) is 18.8. The number of nitrogens with zero attached hydrogens (tertiary/aromatic N) is 2. The Kier molecular flexibility index (Phi) is 6.47. The lowest BCUT2D eigenvalue weighted by molar-refractivity contribution is -0.116. The summed E-state index contributed by atoms with van der Waals surface area (Å²) in [6, 6.07) is 23.2. The van der Waals surface area contributed by atoms with E-state index in [-0.39, 0.29) is 12.3 Å². The maximum Gasteiger partial charge on any atom is 0.226 e. The van der Waals surface area contributed by atoms with E-state index in [1.807, 2.05) is 91.2 Å². The molecule has 3 aromatic carbocycles. The van der Waals surface area contributed by atoms with Crippen LogP contribution in [-0.2, 0) is 11.3 Å². The predicted molar refractivity (Wildman–Crippen MR) is 129 cm³/mol. The van der Waals surface area contributed by atoms with Crippen LogP contribution in [0.25, 0.3) is 11.4 Å². The van der Waals surface area contributed by atoms with Crippen molar-refractivity contribution in [3.05, 3.63) is 88.7 Å². The Morgan fingerprint density at radius 2 is 1.72 bits per heavy atom. The lowest BCUT2D eigenvalue weighted by Crippen LogP contribution is -2.15. The van der Waals surface area contributed by atoms with Crippen molar-refractivity contribution in [3.63, 3.8) is 0 Å². The Morgan fingerprint density at radius 1 is 1.00 bits per heavy atom. The highest BCUT2D eigenvalue weighted by molar-refractivity contribution is 7.71. The molecule has 1 amide bonds. The van der Waals surface area contributed by atoms with E-state index in [0.29, 0.717) is 22.8 Å². The number of carbonyl (C=O) groups excluding carboxylic acids is 1. The van der Waals surface area contributed by atoms with E-state index in [1.165, 1.54) is 0 Å². The van der Waals surface area contributed by atoms with Crippen LogP contribution in [0.3, 0.4) is 0 Å². The van der Waals surface area contributed by atoms with Crippen molar-refractivity contribution in [3.8, 4) is 22.9 Å². The SMILES string of the molecule is Cc1cccc(Oc2ccc(NC(=O)CCn3c(-c4cccc(C)c4)n[nH]c3=S)cc2)c1. The topological polar surface area (TPSA) is 71.9 Å². The molecular formula is C25H24N4O2S. The maximum atomic E-state index is 12.5. The van der Waals surface area contributed by atoms with Crippen LogP contribution in [0.1, 0.15) is 17.5 Å². The third-order valence-corrected chi connectivity index (χ3v) is 5.27. The van der Waals surface area contributed by atoms with E-state index >= 15 is 0 Å². The second-order valence-electron chi connectivity index (χ2n) is 7.61. The average Bonchev–Trinajstić information content (AvgIpc) is 3.14. The number of amides is 1. The van der Waals surface area contributed by atoms with Crippen LogP contribution in [0.2, 0.25) is 0 Å². The first-order chi connectivity index (χ1) is 15.5. The average molecular weight is 445 g/mol. The molecule has 6 nitrogen and oxygen atoms in total. The zero-order chi connectivity index (χ0) is 22.5. The third kappa shape index (κ3) is 5.31. The Bertz CT molecular complexity index is 1290. The molecule has 0 aliphatic rings. The first kappa shape index (κ1) is 21.5. The van der Waals surface area contributed by atoms with Crippen molar-refractivity contribution in [2.45, 2.75) is 26.8 Å². The second kappa shape index (κ2) is 9.62. The number of aryl methyl sites for hydroxylation is 2. The number of ether oxygens (including phenoxy) is 1. The lowest BCUT2D eigenvalue weighted by Gasteiger charge is -2.10. The first-order valence-electron chi connectivity index (χ1n) is 10.3. The molecule has 4 rings (SSSR count). The molecule has 0 atom stereocenters. The molecule has 0 spiro atoms. The molecule has 0 aliphatic heterocycles. The molecule has 4 aromatic rings. The lowest BCUT2D eigenvalue weighted by atomic mass is 10.1. The van der Waals surface area contributed by atoms with Gasteiger partial charge in [-0.3, -0.25) is 14.5 Å². The standard InChI is InChI=1S/C25H24N4O2S/c1-17-5-3-7-19(15-17)24-27-28-25(32)29(24)14-13-23(30)26-20-9-11-21(12-10-20)31-22-8-4-6-18(2)16-22/h3-12,15-16H,13-14H2,1-2H3,(H,26,30)(H,28,32). The minimum atomic E-state index is -0.101. The fourth-order valence-corrected chi connectivity index (χ4v) is 3.61. The number of benzene rings is 3. The van der Waals surface area contributed by atoms with E-state index in [4.69, 9.17) is 17.0 Å². The summed E-state index contributed by atoms with van der Waals surface area (Å²) in [7, 11) is 0. The zero-order valence-electron chi connectivity index (χ0n) is 18.0. The minimum Gasteiger partial charge on any atom is -0.457 e. The van der Waals surface area contributed by atoms with Crippen LogP contribution in [0, 0.1) is 18.6 Å². The van der Waals surface area contributed by atoms with E-state index < -0.39 is 0 Å². The molecule has 7 heteroatoms. The van der Waals surface area contributed by atoms with Gasteiger partial charge in [0.1, 0.15) is 11.5 Å². The maximum absolute atomic E-state index is 12.5. The third-order valence-electron chi connectivity index (χ3n) is 4.96. The van der Waals surface area contributed by atoms with Crippen molar-refractivity contribution in [1.29, 1.82) is 0 Å². The summed E-state index contributed by atoms with van der Waals surface area (Å²) in [5.74, 6) is 2.11. The quantitative estimate of drug-likeness (QED) is 0.341. The molecule has 32 heavy (non-hydrogen) atoms. The van der Waals surface area contributed by atoms with Crippen LogP contribution in [0.15, 0.2) is 72.8 Å². The summed E-state index contributed by atoms with van der Waals surface area (Å²) < 4.78 is 8.20. The smallest absolute Gasteiger partial charge is 0.226 e. The van der Waals surface area contributed by atoms with Gasteiger partial charge in [-0.1, -0.05) is 35.9 Å². The van der Waals surface area contributed by atoms with Crippen LogP contribution >= 0.6 is 12.2 Å². The van der Waals surface area contributed by atoms with Crippen molar-refractivity contribution < 1.29 is 9.53 Å². The monoisotopic (exact) mass is 444 g/mol. The highest BCUT2D eigenvalue weighted by Crippen LogP contribution is 2.24. The Balaban J connectivity index is 1.37. The fourth-order valence-electron chi connectivity index (χ4n) is 3.39. The molecule has 1 heterocycles. The number of carbonyl (C=O) groups is 1. The van der Waals surface area contributed by atoms with Gasteiger partial charge in [0.25, 0.3) is 0 Å². The summed E-state index contributed by atoms with van der Waals surface area (Å²) in [5, 5.41) is 10.1. The van der Waals surface area contributed by atoms with Gasteiger partial charge >= 0.3 is 0 Å². The van der Waals surface area contributed by atoms with Crippen LogP contribution in [-0.4, -0.2) is 20.7 Å². The van der Waals surface area contributed by atoms with E-state index in [9.17, 15) is 4.79 Å². The fraction of sp³-hybridized carbons (Fsp3) is 0.160. The van der Waals surface area contributed by atoms with Crippen molar-refractivity contribution in [1.82, 2.24) is 14.8 Å². The number of H-pyrrole nitrogens is 1. The van der Waals surface area contributed by atoms with E-state index in [1.54, 1.807) is 0 Å². The van der Waals surface area contributed by atoms with Gasteiger partial charge in [-0.25, -0.2) is 0 Å². The largest absolute Gasteiger partial charge is 0.457 e. The normalized spacial score (nSPS) is 10.7. The van der Waals surface area contributed by atoms with Crippen LogP contribution in [0.5, 0.6) is 11.5 Å². The van der Waals surface area contributed by atoms with Crippen LogP contribution < -0.4 is 10.1 Å². The molecule has 0 fully saturated rings. The summed E-state index contributed by atoms with van der Waals surface area (Å²) >= 11 is 5.36. The van der Waals surface area contributed by atoms with Gasteiger partial charge < -0.3 is 10.1 Å². The Labute approximate surface area is 191 Å². The molecule has 0 bridgehead atoms. The molecule has 0 radical (unpaired) electrons. The van der Waals surface area contributed by atoms with Gasteiger partial charge in [-0.05, 0) is 74.1 Å². The summed E-state index contributed by atoms with van der Waals surface area (Å²) in [6.07, 6.45) is 0.272. The van der Waals surface area contributed by atoms with Crippen molar-refractivity contribution >= 4 is 23.8 Å². The highest BCUT2D eigenvalue weighted by Gasteiger charge is 2.11. The predicted octanol–water partition coefficient (Wildman–Crippen LogP) is 6.05. The van der Waals surface area contributed by atoms with Gasteiger partial charge in [0.05, 0.1) is 0 Å². The molecule has 0 saturated carbocycles. The molecule has 2 N–H and O–H groups in total. The van der Waals surface area contributed by atoms with Gasteiger partial charge in [0.2, 0.25) is 5.91 Å². The molecule has 0 unspecified atom stereocenters. The van der Waals surface area contributed by atoms with Crippen molar-refractivity contribution in [2.24, 2.45) is 0 Å². The molecular weight excluding hydrogens is 420 g/mol. The molecule has 1 aromatic heterocycles. The van der Waals surface area contributed by atoms with Gasteiger partial charge in [-0.2, -0.15) is 5.10 Å². The van der Waals surface area contributed by atoms with Gasteiger partial charge in [0, 0.05) is 24.2 Å². The molecule has 162 valence electrons. The van der Waals surface area contributed by atoms with E-state index in [2.05, 4.69) is 15.5 Å². The number of anilines is 1. The van der Waals surface area contributed by atoms with Crippen molar-refractivity contribution in [2.75, 3.05) is 5.32 Å². The van der Waals surface area contributed by atoms with Gasteiger partial charge in [0.15, 0.2) is 10.6 Å². The summed E-state index contributed by atoms with van der Waals surface area (Å²) in [4.78, 5) is 12.5. The highest BCUT2D eigenvalue weighted by atomic mass is 32.1. The Morgan fingerprint density at radius 3 is 2.44 bits per heavy atom. The Hall–Kier alpha value is -3.71. The molecule has 0 aliphatic carbocycles. The first-order valence-corrected chi connectivity index (χ1v) is 10.8.